The summed E-state index contributed by atoms with van der Waals surface area (Å²) in [5, 5.41) is 0. The number of hydrogen-bond donors (Lipinski definition) is 0. The van der Waals surface area contributed by atoms with Gasteiger partial charge in [0.25, 0.3) is 0 Å². The summed E-state index contributed by atoms with van der Waals surface area (Å²) in [7, 11) is 0. The van der Waals surface area contributed by atoms with Crippen LogP contribution in [0.2, 0.25) is 0 Å². The van der Waals surface area contributed by atoms with Gasteiger partial charge in [0.05, 0.1) is 5.69 Å². The highest BCUT2D eigenvalue weighted by atomic mass is 19.1. The molecule has 0 bridgehead atoms. The van der Waals surface area contributed by atoms with E-state index >= 15 is 4.39 Å². The summed E-state index contributed by atoms with van der Waals surface area (Å²) in [5.41, 5.74) is 3.25. The van der Waals surface area contributed by atoms with Gasteiger partial charge in [-0.25, -0.2) is 9.18 Å². The topological polar surface area (TPSA) is 64.1 Å². The molecule has 3 aromatic carbocycles. The van der Waals surface area contributed by atoms with Gasteiger partial charge < -0.3 is 24.0 Å². The van der Waals surface area contributed by atoms with Crippen LogP contribution < -0.4 is 14.4 Å². The van der Waals surface area contributed by atoms with Crippen molar-refractivity contribution in [3.05, 3.63) is 108 Å². The molecule has 0 N–H and O–H groups in total. The maximum Gasteiger partial charge on any atom is 0.410 e. The number of carbonyl (C=O) groups is 1. The zero-order chi connectivity index (χ0) is 30.4. The van der Waals surface area contributed by atoms with Crippen LogP contribution >= 0.6 is 0 Å². The molecule has 224 valence electrons. The van der Waals surface area contributed by atoms with Crippen molar-refractivity contribution in [2.45, 2.75) is 52.6 Å². The minimum atomic E-state index is -0.569. The number of anilines is 1. The summed E-state index contributed by atoms with van der Waals surface area (Å²) in [4.78, 5) is 21.0. The summed E-state index contributed by atoms with van der Waals surface area (Å²) in [6.07, 6.45) is -0.345. The van der Waals surface area contributed by atoms with E-state index in [9.17, 15) is 4.79 Å². The van der Waals surface area contributed by atoms with E-state index in [0.717, 1.165) is 11.1 Å². The van der Waals surface area contributed by atoms with Crippen LogP contribution in [0.3, 0.4) is 0 Å². The van der Waals surface area contributed by atoms with E-state index in [2.05, 4.69) is 4.98 Å². The lowest BCUT2D eigenvalue weighted by Crippen LogP contribution is -2.55. The summed E-state index contributed by atoms with van der Waals surface area (Å²) in [6.45, 7) is 9.62. The fraction of sp³-hybridized carbons (Fsp3) is 0.314. The van der Waals surface area contributed by atoms with E-state index in [0.29, 0.717) is 61.4 Å². The number of pyridine rings is 1. The van der Waals surface area contributed by atoms with Crippen LogP contribution in [0.4, 0.5) is 14.9 Å². The Hall–Kier alpha value is -4.59. The SMILES string of the molecule is C[C@H]1CN(c2ccc(-c3ccc(OCc4ccccc4)nc3OCc3ccccc3)cc2F)CCN1C(=O)OC(C)(C)C. The Bertz CT molecular complexity index is 1530. The van der Waals surface area contributed by atoms with Crippen LogP contribution in [0.25, 0.3) is 11.1 Å². The maximum absolute atomic E-state index is 15.7. The predicted molar refractivity (Wildman–Crippen MR) is 166 cm³/mol. The molecular weight excluding hydrogens is 545 g/mol. The van der Waals surface area contributed by atoms with Gasteiger partial charge in [-0.05, 0) is 62.6 Å². The van der Waals surface area contributed by atoms with Crippen LogP contribution in [0.1, 0.15) is 38.8 Å². The van der Waals surface area contributed by atoms with Crippen molar-refractivity contribution in [1.29, 1.82) is 0 Å². The van der Waals surface area contributed by atoms with Gasteiger partial charge in [0, 0.05) is 37.3 Å². The molecule has 1 aliphatic rings. The lowest BCUT2D eigenvalue weighted by atomic mass is 10.0. The first kappa shape index (κ1) is 29.9. The molecule has 1 amide bonds. The zero-order valence-corrected chi connectivity index (χ0v) is 25.1. The highest BCUT2D eigenvalue weighted by Crippen LogP contribution is 2.34. The largest absolute Gasteiger partial charge is 0.473 e. The van der Waals surface area contributed by atoms with Crippen molar-refractivity contribution in [3.63, 3.8) is 0 Å². The Morgan fingerprint density at radius 2 is 1.53 bits per heavy atom. The first-order valence-electron chi connectivity index (χ1n) is 14.6. The summed E-state index contributed by atoms with van der Waals surface area (Å²) >= 11 is 0. The van der Waals surface area contributed by atoms with Gasteiger partial charge in [-0.1, -0.05) is 66.7 Å². The molecule has 1 atom stereocenters. The number of nitrogens with zero attached hydrogens (tertiary/aromatic N) is 3. The van der Waals surface area contributed by atoms with Gasteiger partial charge in [-0.2, -0.15) is 4.98 Å². The van der Waals surface area contributed by atoms with Crippen LogP contribution in [0.5, 0.6) is 11.8 Å². The quantitative estimate of drug-likeness (QED) is 0.214. The maximum atomic E-state index is 15.7. The third-order valence-electron chi connectivity index (χ3n) is 7.14. The molecule has 2 heterocycles. The molecule has 1 aromatic heterocycles. The second-order valence-electron chi connectivity index (χ2n) is 11.7. The van der Waals surface area contributed by atoms with E-state index in [1.165, 1.54) is 6.07 Å². The lowest BCUT2D eigenvalue weighted by Gasteiger charge is -2.41. The van der Waals surface area contributed by atoms with Crippen LogP contribution in [-0.2, 0) is 18.0 Å². The minimum Gasteiger partial charge on any atom is -0.473 e. The van der Waals surface area contributed by atoms with Crippen molar-refractivity contribution in [1.82, 2.24) is 9.88 Å². The third kappa shape index (κ3) is 7.83. The predicted octanol–water partition coefficient (Wildman–Crippen LogP) is 7.49. The molecule has 43 heavy (non-hydrogen) atoms. The molecular formula is C35H38FN3O4. The van der Waals surface area contributed by atoms with Gasteiger partial charge in [0.1, 0.15) is 24.6 Å². The number of benzene rings is 3. The lowest BCUT2D eigenvalue weighted by molar-refractivity contribution is 0.0159. The van der Waals surface area contributed by atoms with Crippen molar-refractivity contribution >= 4 is 11.8 Å². The first-order chi connectivity index (χ1) is 20.7. The molecule has 0 saturated carbocycles. The summed E-state index contributed by atoms with van der Waals surface area (Å²) in [5.74, 6) is 0.430. The van der Waals surface area contributed by atoms with Gasteiger partial charge in [-0.15, -0.1) is 0 Å². The van der Waals surface area contributed by atoms with E-state index in [-0.39, 0.29) is 18.0 Å². The van der Waals surface area contributed by atoms with E-state index in [1.807, 2.05) is 105 Å². The zero-order valence-electron chi connectivity index (χ0n) is 25.1. The molecule has 7 nitrogen and oxygen atoms in total. The highest BCUT2D eigenvalue weighted by molar-refractivity contribution is 5.72. The second-order valence-corrected chi connectivity index (χ2v) is 11.7. The summed E-state index contributed by atoms with van der Waals surface area (Å²) < 4.78 is 33.3. The Morgan fingerprint density at radius 3 is 2.14 bits per heavy atom. The fourth-order valence-electron chi connectivity index (χ4n) is 4.99. The van der Waals surface area contributed by atoms with Crippen molar-refractivity contribution in [2.24, 2.45) is 0 Å². The molecule has 1 saturated heterocycles. The average Bonchev–Trinajstić information content (AvgIpc) is 2.99. The molecule has 0 unspecified atom stereocenters. The molecule has 1 fully saturated rings. The number of halogens is 1. The normalized spacial score (nSPS) is 15.2. The third-order valence-corrected chi connectivity index (χ3v) is 7.14. The molecule has 0 spiro atoms. The molecule has 5 rings (SSSR count). The summed E-state index contributed by atoms with van der Waals surface area (Å²) in [6, 6.07) is 28.3. The van der Waals surface area contributed by atoms with Crippen molar-refractivity contribution in [3.8, 4) is 22.9 Å². The monoisotopic (exact) mass is 583 g/mol. The first-order valence-corrected chi connectivity index (χ1v) is 14.6. The molecule has 0 radical (unpaired) electrons. The van der Waals surface area contributed by atoms with E-state index in [4.69, 9.17) is 14.2 Å². The molecule has 1 aliphatic heterocycles. The highest BCUT2D eigenvalue weighted by Gasteiger charge is 2.31. The minimum absolute atomic E-state index is 0.131. The van der Waals surface area contributed by atoms with Gasteiger partial charge in [0.15, 0.2) is 0 Å². The average molecular weight is 584 g/mol. The number of hydrogen-bond acceptors (Lipinski definition) is 6. The van der Waals surface area contributed by atoms with E-state index in [1.54, 1.807) is 17.0 Å². The van der Waals surface area contributed by atoms with Gasteiger partial charge in [0.2, 0.25) is 11.8 Å². The Labute approximate surface area is 252 Å². The van der Waals surface area contributed by atoms with Crippen molar-refractivity contribution in [2.75, 3.05) is 24.5 Å². The Balaban J connectivity index is 1.34. The number of rotatable bonds is 8. The molecule has 8 heteroatoms. The second kappa shape index (κ2) is 13.2. The fourth-order valence-corrected chi connectivity index (χ4v) is 4.99. The van der Waals surface area contributed by atoms with Gasteiger partial charge in [-0.3, -0.25) is 0 Å². The van der Waals surface area contributed by atoms with E-state index < -0.39 is 5.60 Å². The van der Waals surface area contributed by atoms with Crippen LogP contribution in [0.15, 0.2) is 91.0 Å². The number of ether oxygens (including phenoxy) is 3. The Morgan fingerprint density at radius 1 is 0.884 bits per heavy atom. The standard InChI is InChI=1S/C35H38FN3O4/c1-25-22-38(19-20-39(25)34(40)43-35(2,3)4)31-17-15-28(21-30(31)36)29-16-18-32(41-23-26-11-7-5-8-12-26)37-33(29)42-24-27-13-9-6-10-14-27/h5-18,21,25H,19-20,22-24H2,1-4H3/t25-/m0/s1. The Kier molecular flexibility index (Phi) is 9.14. The number of aromatic nitrogens is 1. The van der Waals surface area contributed by atoms with Crippen LogP contribution in [0, 0.1) is 5.82 Å². The molecule has 4 aromatic rings. The van der Waals surface area contributed by atoms with Gasteiger partial charge >= 0.3 is 6.09 Å². The van der Waals surface area contributed by atoms with Crippen molar-refractivity contribution < 1.29 is 23.4 Å². The number of amides is 1. The molecule has 0 aliphatic carbocycles. The smallest absolute Gasteiger partial charge is 0.410 e. The van der Waals surface area contributed by atoms with Crippen LogP contribution in [-0.4, -0.2) is 47.3 Å². The number of piperazine rings is 1. The number of carbonyl (C=O) groups excluding carboxylic acids is 1.